The third kappa shape index (κ3) is 1.13. The average Bonchev–Trinajstić information content (AvgIpc) is 2.61. The van der Waals surface area contributed by atoms with Crippen molar-refractivity contribution in [3.63, 3.8) is 0 Å². The van der Waals surface area contributed by atoms with Crippen LogP contribution in [0, 0.1) is 5.92 Å². The number of hydrogen-bond donors (Lipinski definition) is 1. The lowest BCUT2D eigenvalue weighted by Crippen LogP contribution is -1.81. The zero-order valence-corrected chi connectivity index (χ0v) is 5.97. The third-order valence-electron chi connectivity index (χ3n) is 2.01. The first-order valence-corrected chi connectivity index (χ1v) is 3.63. The topological polar surface area (TPSA) is 45.7 Å². The van der Waals surface area contributed by atoms with Crippen LogP contribution in [0.4, 0.5) is 0 Å². The van der Waals surface area contributed by atoms with Gasteiger partial charge in [0.1, 0.15) is 5.76 Å². The zero-order valence-electron chi connectivity index (χ0n) is 5.97. The van der Waals surface area contributed by atoms with Gasteiger partial charge in [-0.3, -0.25) is 0 Å². The smallest absolute Gasteiger partial charge is 0.107 e. The molecule has 2 rings (SSSR count). The summed E-state index contributed by atoms with van der Waals surface area (Å²) in [5.74, 6) is 1.82. The van der Waals surface area contributed by atoms with Crippen molar-refractivity contribution in [3.05, 3.63) is 24.2 Å². The molecule has 1 saturated carbocycles. The van der Waals surface area contributed by atoms with E-state index in [9.17, 15) is 0 Å². The van der Waals surface area contributed by atoms with Crippen LogP contribution < -0.4 is 0 Å². The van der Waals surface area contributed by atoms with Crippen LogP contribution >= 0.6 is 0 Å². The maximum absolute atomic E-state index is 8.23. The van der Waals surface area contributed by atoms with E-state index in [0.717, 1.165) is 12.2 Å². The highest BCUT2D eigenvalue weighted by molar-refractivity contribution is 5.65. The minimum atomic E-state index is 0.381. The lowest BCUT2D eigenvalue weighted by atomic mass is 10.3. The molecule has 0 amide bonds. The third-order valence-corrected chi connectivity index (χ3v) is 2.01. The van der Waals surface area contributed by atoms with Crippen molar-refractivity contribution in [3.8, 4) is 0 Å². The van der Waals surface area contributed by atoms with Gasteiger partial charge in [-0.1, -0.05) is 0 Å². The second-order valence-electron chi connectivity index (χ2n) is 2.79. The molecule has 0 aliphatic heterocycles. The van der Waals surface area contributed by atoms with Crippen molar-refractivity contribution in [2.75, 3.05) is 0 Å². The molecule has 0 aromatic carbocycles. The summed E-state index contributed by atoms with van der Waals surface area (Å²) < 4.78 is 5.19. The Morgan fingerprint density at radius 2 is 2.64 bits per heavy atom. The number of nitrogens with zero attached hydrogens (tertiary/aromatic N) is 1. The summed E-state index contributed by atoms with van der Waals surface area (Å²) in [5.41, 5.74) is 0. The molecule has 1 aliphatic carbocycles. The summed E-state index contributed by atoms with van der Waals surface area (Å²) in [7, 11) is 0. The first-order chi connectivity index (χ1) is 5.42. The molecule has 11 heavy (non-hydrogen) atoms. The van der Waals surface area contributed by atoms with Gasteiger partial charge >= 0.3 is 0 Å². The Balaban J connectivity index is 2.02. The van der Waals surface area contributed by atoms with Crippen molar-refractivity contribution < 1.29 is 9.62 Å². The fraction of sp³-hybridized carbons (Fsp3) is 0.375. The molecule has 1 heterocycles. The Labute approximate surface area is 64.3 Å². The van der Waals surface area contributed by atoms with Crippen molar-refractivity contribution >= 4 is 6.21 Å². The van der Waals surface area contributed by atoms with E-state index in [1.165, 1.54) is 0 Å². The molecule has 1 aromatic heterocycles. The molecule has 0 saturated heterocycles. The van der Waals surface area contributed by atoms with Gasteiger partial charge < -0.3 is 9.62 Å². The van der Waals surface area contributed by atoms with Gasteiger partial charge in [0.25, 0.3) is 0 Å². The monoisotopic (exact) mass is 151 g/mol. The highest BCUT2D eigenvalue weighted by Gasteiger charge is 2.39. The molecule has 0 radical (unpaired) electrons. The van der Waals surface area contributed by atoms with E-state index in [1.807, 2.05) is 12.1 Å². The van der Waals surface area contributed by atoms with E-state index in [2.05, 4.69) is 5.16 Å². The van der Waals surface area contributed by atoms with Crippen LogP contribution in [0.25, 0.3) is 0 Å². The van der Waals surface area contributed by atoms with E-state index >= 15 is 0 Å². The molecule has 1 aromatic rings. The van der Waals surface area contributed by atoms with Crippen LogP contribution in [0.3, 0.4) is 0 Å². The van der Waals surface area contributed by atoms with Gasteiger partial charge in [0, 0.05) is 18.1 Å². The number of furan rings is 1. The van der Waals surface area contributed by atoms with Gasteiger partial charge in [0.15, 0.2) is 0 Å². The Morgan fingerprint density at radius 1 is 1.73 bits per heavy atom. The van der Waals surface area contributed by atoms with Crippen molar-refractivity contribution in [2.45, 2.75) is 12.3 Å². The molecule has 1 N–H and O–H groups in total. The molecular formula is C8H9NO2. The minimum Gasteiger partial charge on any atom is -0.469 e. The normalized spacial score (nSPS) is 29.5. The maximum Gasteiger partial charge on any atom is 0.107 e. The highest BCUT2D eigenvalue weighted by atomic mass is 16.4. The summed E-state index contributed by atoms with van der Waals surface area (Å²) in [6.45, 7) is 0. The Bertz CT molecular complexity index is 253. The average molecular weight is 151 g/mol. The van der Waals surface area contributed by atoms with E-state index in [4.69, 9.17) is 9.62 Å². The first kappa shape index (κ1) is 6.46. The molecule has 3 heteroatoms. The van der Waals surface area contributed by atoms with Gasteiger partial charge in [-0.25, -0.2) is 0 Å². The molecule has 0 bridgehead atoms. The SMILES string of the molecule is O/N=C/[C@@H]1C[C@H]1c1ccco1. The summed E-state index contributed by atoms with van der Waals surface area (Å²) in [6, 6.07) is 3.83. The van der Waals surface area contributed by atoms with Crippen LogP contribution in [-0.4, -0.2) is 11.4 Å². The summed E-state index contributed by atoms with van der Waals surface area (Å²) in [6.07, 6.45) is 4.27. The van der Waals surface area contributed by atoms with Crippen LogP contribution in [0.2, 0.25) is 0 Å². The Morgan fingerprint density at radius 3 is 3.27 bits per heavy atom. The standard InChI is InChI=1S/C8H9NO2/c10-9-5-6-4-7(6)8-2-1-3-11-8/h1-3,5-7,10H,4H2/b9-5+/t6-,7+/m0/s1. The Kier molecular flexibility index (Phi) is 1.42. The van der Waals surface area contributed by atoms with Crippen LogP contribution in [0.1, 0.15) is 18.1 Å². The molecule has 0 spiro atoms. The number of oxime groups is 1. The fourth-order valence-corrected chi connectivity index (χ4v) is 1.29. The molecule has 1 aliphatic rings. The molecule has 2 atom stereocenters. The van der Waals surface area contributed by atoms with E-state index in [-0.39, 0.29) is 0 Å². The predicted molar refractivity (Wildman–Crippen MR) is 39.8 cm³/mol. The lowest BCUT2D eigenvalue weighted by molar-refractivity contribution is 0.320. The fourth-order valence-electron chi connectivity index (χ4n) is 1.29. The van der Waals surface area contributed by atoms with Gasteiger partial charge in [0.05, 0.1) is 6.26 Å². The first-order valence-electron chi connectivity index (χ1n) is 3.63. The van der Waals surface area contributed by atoms with Crippen LogP contribution in [0.15, 0.2) is 28.0 Å². The zero-order chi connectivity index (χ0) is 7.68. The Hall–Kier alpha value is -1.25. The molecule has 58 valence electrons. The van der Waals surface area contributed by atoms with Crippen LogP contribution in [-0.2, 0) is 0 Å². The second-order valence-corrected chi connectivity index (χ2v) is 2.79. The van der Waals surface area contributed by atoms with E-state index < -0.39 is 0 Å². The van der Waals surface area contributed by atoms with Gasteiger partial charge in [-0.15, -0.1) is 5.16 Å². The van der Waals surface area contributed by atoms with Gasteiger partial charge in [-0.05, 0) is 18.6 Å². The molecule has 3 nitrogen and oxygen atoms in total. The van der Waals surface area contributed by atoms with E-state index in [0.29, 0.717) is 11.8 Å². The van der Waals surface area contributed by atoms with Crippen molar-refractivity contribution in [1.29, 1.82) is 0 Å². The lowest BCUT2D eigenvalue weighted by Gasteiger charge is -1.87. The summed E-state index contributed by atoms with van der Waals surface area (Å²) in [4.78, 5) is 0. The number of hydrogen-bond acceptors (Lipinski definition) is 3. The number of rotatable bonds is 2. The van der Waals surface area contributed by atoms with Gasteiger partial charge in [0.2, 0.25) is 0 Å². The van der Waals surface area contributed by atoms with Gasteiger partial charge in [-0.2, -0.15) is 0 Å². The molecular weight excluding hydrogens is 142 g/mol. The van der Waals surface area contributed by atoms with Crippen molar-refractivity contribution in [2.24, 2.45) is 11.1 Å². The highest BCUT2D eigenvalue weighted by Crippen LogP contribution is 2.46. The molecule has 1 fully saturated rings. The largest absolute Gasteiger partial charge is 0.469 e. The summed E-state index contributed by atoms with van der Waals surface area (Å²) >= 11 is 0. The minimum absolute atomic E-state index is 0.381. The van der Waals surface area contributed by atoms with Crippen molar-refractivity contribution in [1.82, 2.24) is 0 Å². The molecule has 0 unspecified atom stereocenters. The predicted octanol–water partition coefficient (Wildman–Crippen LogP) is 1.84. The quantitative estimate of drug-likeness (QED) is 0.398. The van der Waals surface area contributed by atoms with E-state index in [1.54, 1.807) is 12.5 Å². The second kappa shape index (κ2) is 2.42. The maximum atomic E-state index is 8.23. The summed E-state index contributed by atoms with van der Waals surface area (Å²) in [5, 5.41) is 11.2. The van der Waals surface area contributed by atoms with Crippen LogP contribution in [0.5, 0.6) is 0 Å².